The summed E-state index contributed by atoms with van der Waals surface area (Å²) >= 11 is 0. The number of esters is 1. The predicted octanol–water partition coefficient (Wildman–Crippen LogP) is 1.21. The van der Waals surface area contributed by atoms with Gasteiger partial charge in [0.1, 0.15) is 18.4 Å². The molecule has 0 bridgehead atoms. The Morgan fingerprint density at radius 1 is 0.766 bits per heavy atom. The van der Waals surface area contributed by atoms with Crippen molar-refractivity contribution in [3.8, 4) is 0 Å². The number of amides is 1. The van der Waals surface area contributed by atoms with Gasteiger partial charge in [-0.25, -0.2) is 0 Å². The molecule has 3 saturated heterocycles. The Morgan fingerprint density at radius 3 is 1.98 bits per heavy atom. The highest BCUT2D eigenvalue weighted by atomic mass is 16.6. The van der Waals surface area contributed by atoms with Crippen molar-refractivity contribution in [3.63, 3.8) is 0 Å². The van der Waals surface area contributed by atoms with E-state index in [0.29, 0.717) is 24.0 Å². The highest BCUT2D eigenvalue weighted by molar-refractivity contribution is 5.83. The lowest BCUT2D eigenvalue weighted by Gasteiger charge is -2.40. The molecule has 0 atom stereocenters. The largest absolute Gasteiger partial charge is 0.459 e. The Labute approximate surface area is 283 Å². The summed E-state index contributed by atoms with van der Waals surface area (Å²) < 4.78 is 17.1. The lowest BCUT2D eigenvalue weighted by atomic mass is 9.75. The molecule has 1 amide bonds. The minimum atomic E-state index is -0.536. The molecule has 2 aliphatic carbocycles. The van der Waals surface area contributed by atoms with Crippen LogP contribution in [0.2, 0.25) is 0 Å². The first-order valence-electron chi connectivity index (χ1n) is 18.8. The molecule has 2 saturated carbocycles. The number of hydrogen-bond acceptors (Lipinski definition) is 11. The van der Waals surface area contributed by atoms with Crippen molar-refractivity contribution >= 4 is 11.9 Å². The van der Waals surface area contributed by atoms with Gasteiger partial charge in [0.05, 0.1) is 25.9 Å². The summed E-state index contributed by atoms with van der Waals surface area (Å²) in [7, 11) is 0. The summed E-state index contributed by atoms with van der Waals surface area (Å²) in [6.07, 6.45) is 9.06. The number of nitrogens with one attached hydrogen (secondary N) is 4. The zero-order valence-corrected chi connectivity index (χ0v) is 29.6. The van der Waals surface area contributed by atoms with Crippen molar-refractivity contribution < 1.29 is 23.8 Å². The summed E-state index contributed by atoms with van der Waals surface area (Å²) in [4.78, 5) is 32.3. The summed E-state index contributed by atoms with van der Waals surface area (Å²) in [5, 5.41) is 14.0. The number of hydrogen-bond donors (Lipinski definition) is 4. The second kappa shape index (κ2) is 18.6. The van der Waals surface area contributed by atoms with Gasteiger partial charge in [0.2, 0.25) is 5.91 Å². The number of piperazine rings is 1. The maximum atomic E-state index is 12.6. The summed E-state index contributed by atoms with van der Waals surface area (Å²) in [5.74, 6) is 0.819. The van der Waals surface area contributed by atoms with E-state index >= 15 is 0 Å². The van der Waals surface area contributed by atoms with Crippen LogP contribution in [0.25, 0.3) is 0 Å². The Hall–Kier alpha value is -1.38. The van der Waals surface area contributed by atoms with E-state index in [1.165, 1.54) is 26.2 Å². The molecule has 270 valence electrons. The van der Waals surface area contributed by atoms with Crippen molar-refractivity contribution in [2.45, 2.75) is 96.2 Å². The molecule has 12 nitrogen and oxygen atoms in total. The van der Waals surface area contributed by atoms with Gasteiger partial charge >= 0.3 is 5.97 Å². The standard InChI is InChI=1S/C35H65N7O5/c1-35(2,3)47-32(43)26-36-33(44)28-6-4-27(5-7-28)29-24-37-34(38-25-29)39-30-8-10-31(11-9-30)46-23-20-41-15-12-40(13-16-41)14-17-42-18-21-45-22-19-42/h27-31,34,37-39H,4-26H2,1-3H3,(H,36,44). The third-order valence-electron chi connectivity index (χ3n) is 10.9. The Morgan fingerprint density at radius 2 is 1.36 bits per heavy atom. The van der Waals surface area contributed by atoms with Gasteiger partial charge < -0.3 is 19.5 Å². The molecule has 0 aromatic rings. The fourth-order valence-electron chi connectivity index (χ4n) is 7.99. The van der Waals surface area contributed by atoms with E-state index in [1.807, 2.05) is 20.8 Å². The minimum absolute atomic E-state index is 0.00154. The van der Waals surface area contributed by atoms with E-state index in [1.54, 1.807) is 0 Å². The molecular weight excluding hydrogens is 598 g/mol. The van der Waals surface area contributed by atoms with Crippen LogP contribution in [0.4, 0.5) is 0 Å². The smallest absolute Gasteiger partial charge is 0.325 e. The zero-order chi connectivity index (χ0) is 33.1. The van der Waals surface area contributed by atoms with Crippen molar-refractivity contribution in [3.05, 3.63) is 0 Å². The normalized spacial score (nSPS) is 32.1. The molecule has 0 aromatic carbocycles. The molecular formula is C35H65N7O5. The van der Waals surface area contributed by atoms with Gasteiger partial charge in [-0.3, -0.25) is 40.2 Å². The third kappa shape index (κ3) is 12.8. The first-order chi connectivity index (χ1) is 22.7. The molecule has 3 aliphatic heterocycles. The number of carbonyl (C=O) groups excluding carboxylic acids is 2. The predicted molar refractivity (Wildman–Crippen MR) is 183 cm³/mol. The first kappa shape index (κ1) is 36.9. The molecule has 5 fully saturated rings. The fraction of sp³-hybridized carbons (Fsp3) is 0.943. The number of carbonyl (C=O) groups is 2. The van der Waals surface area contributed by atoms with Crippen LogP contribution in [-0.2, 0) is 23.8 Å². The zero-order valence-electron chi connectivity index (χ0n) is 29.6. The van der Waals surface area contributed by atoms with Gasteiger partial charge in [-0.1, -0.05) is 0 Å². The molecule has 5 aliphatic rings. The average molecular weight is 664 g/mol. The topological polar surface area (TPSA) is 120 Å². The van der Waals surface area contributed by atoms with Crippen molar-refractivity contribution in [2.24, 2.45) is 17.8 Å². The van der Waals surface area contributed by atoms with Crippen LogP contribution in [0.15, 0.2) is 0 Å². The van der Waals surface area contributed by atoms with Gasteiger partial charge in [0.25, 0.3) is 0 Å². The Balaban J connectivity index is 0.864. The highest BCUT2D eigenvalue weighted by Gasteiger charge is 2.34. The van der Waals surface area contributed by atoms with Gasteiger partial charge in [0, 0.05) is 84.0 Å². The van der Waals surface area contributed by atoms with E-state index in [-0.39, 0.29) is 30.6 Å². The van der Waals surface area contributed by atoms with Crippen molar-refractivity contribution in [1.82, 2.24) is 36.0 Å². The number of morpholine rings is 1. The Bertz CT molecular complexity index is 929. The second-order valence-corrected chi connectivity index (χ2v) is 15.6. The molecule has 4 N–H and O–H groups in total. The van der Waals surface area contributed by atoms with Crippen molar-refractivity contribution in [2.75, 3.05) is 98.4 Å². The van der Waals surface area contributed by atoms with E-state index in [0.717, 1.165) is 117 Å². The molecule has 0 spiro atoms. The number of rotatable bonds is 13. The molecule has 0 unspecified atom stereocenters. The van der Waals surface area contributed by atoms with Crippen LogP contribution >= 0.6 is 0 Å². The quantitative estimate of drug-likeness (QED) is 0.213. The molecule has 47 heavy (non-hydrogen) atoms. The van der Waals surface area contributed by atoms with Gasteiger partial charge in [0.15, 0.2) is 0 Å². The molecule has 0 radical (unpaired) electrons. The molecule has 0 aromatic heterocycles. The fourth-order valence-corrected chi connectivity index (χ4v) is 7.99. The number of nitrogens with zero attached hydrogens (tertiary/aromatic N) is 3. The molecule has 5 rings (SSSR count). The van der Waals surface area contributed by atoms with Crippen LogP contribution in [0.3, 0.4) is 0 Å². The van der Waals surface area contributed by atoms with Crippen molar-refractivity contribution in [1.29, 1.82) is 0 Å². The van der Waals surface area contributed by atoms with Crippen LogP contribution in [0.5, 0.6) is 0 Å². The third-order valence-corrected chi connectivity index (χ3v) is 10.9. The first-order valence-corrected chi connectivity index (χ1v) is 18.8. The Kier molecular flexibility index (Phi) is 14.6. The van der Waals surface area contributed by atoms with E-state index < -0.39 is 5.60 Å². The van der Waals surface area contributed by atoms with Gasteiger partial charge in [-0.05, 0) is 84.0 Å². The van der Waals surface area contributed by atoms with E-state index in [2.05, 4.69) is 36.0 Å². The number of ether oxygens (including phenoxy) is 3. The summed E-state index contributed by atoms with van der Waals surface area (Å²) in [5.41, 5.74) is -0.536. The minimum Gasteiger partial charge on any atom is -0.459 e. The van der Waals surface area contributed by atoms with E-state index in [4.69, 9.17) is 14.2 Å². The average Bonchev–Trinajstić information content (AvgIpc) is 3.08. The molecule has 12 heteroatoms. The molecule has 3 heterocycles. The SMILES string of the molecule is CC(C)(C)OC(=O)CNC(=O)C1CCC(C2CNC(NC3CCC(OCCN4CCN(CCN5CCOCC5)CC4)CC3)NC2)CC1. The monoisotopic (exact) mass is 664 g/mol. The van der Waals surface area contributed by atoms with E-state index in [9.17, 15) is 9.59 Å². The van der Waals surface area contributed by atoms with Crippen LogP contribution in [0.1, 0.15) is 72.1 Å². The van der Waals surface area contributed by atoms with Crippen LogP contribution in [-0.4, -0.2) is 149 Å². The van der Waals surface area contributed by atoms with Gasteiger partial charge in [-0.15, -0.1) is 0 Å². The lowest BCUT2D eigenvalue weighted by molar-refractivity contribution is -0.154. The second-order valence-electron chi connectivity index (χ2n) is 15.6. The summed E-state index contributed by atoms with van der Waals surface area (Å²) in [6, 6.07) is 0.525. The highest BCUT2D eigenvalue weighted by Crippen LogP contribution is 2.34. The maximum absolute atomic E-state index is 12.6. The lowest BCUT2D eigenvalue weighted by Crippen LogP contribution is -2.63. The van der Waals surface area contributed by atoms with Crippen LogP contribution in [0, 0.1) is 17.8 Å². The van der Waals surface area contributed by atoms with Crippen LogP contribution < -0.4 is 21.3 Å². The van der Waals surface area contributed by atoms with Gasteiger partial charge in [-0.2, -0.15) is 0 Å². The summed E-state index contributed by atoms with van der Waals surface area (Å²) in [6.45, 7) is 20.3. The maximum Gasteiger partial charge on any atom is 0.325 e.